The van der Waals surface area contributed by atoms with Gasteiger partial charge in [0, 0.05) is 11.8 Å². The topological polar surface area (TPSA) is 0 Å². The highest BCUT2D eigenvalue weighted by Crippen LogP contribution is 2.43. The maximum atomic E-state index is 4.06. The Labute approximate surface area is 434 Å². The molecule has 0 spiro atoms. The second kappa shape index (κ2) is 27.2. The SMILES string of the molecule is C=Cc1ccc(C(C2=CC=C(c3cc(CCCCCCC)c(/C(C)=C/C=C/C(c4ccccc4)c4ccc(-c5ccccc5)cc4)cc3CCCCCCCCC)C2)c2ccc(-c3ccccc3)cc2)cc1. The zero-order valence-electron chi connectivity index (χ0n) is 43.7. The highest BCUT2D eigenvalue weighted by molar-refractivity contribution is 5.79. The van der Waals surface area contributed by atoms with Crippen LogP contribution in [0, 0.1) is 0 Å². The van der Waals surface area contributed by atoms with Crippen molar-refractivity contribution in [3.8, 4) is 22.3 Å². The Morgan fingerprint density at radius 2 is 0.958 bits per heavy atom. The second-order valence-electron chi connectivity index (χ2n) is 20.2. The van der Waals surface area contributed by atoms with Crippen molar-refractivity contribution in [1.29, 1.82) is 0 Å². The first kappa shape index (κ1) is 51.6. The van der Waals surface area contributed by atoms with Crippen LogP contribution < -0.4 is 0 Å². The van der Waals surface area contributed by atoms with E-state index in [1.165, 1.54) is 161 Å². The molecular weight excluding hydrogens is 865 g/mol. The van der Waals surface area contributed by atoms with E-state index >= 15 is 0 Å². The molecule has 8 rings (SSSR count). The van der Waals surface area contributed by atoms with Crippen LogP contribution >= 0.6 is 0 Å². The summed E-state index contributed by atoms with van der Waals surface area (Å²) in [5, 5.41) is 0. The van der Waals surface area contributed by atoms with Gasteiger partial charge in [-0.25, -0.2) is 0 Å². The fourth-order valence-corrected chi connectivity index (χ4v) is 10.8. The quantitative estimate of drug-likeness (QED) is 0.0375. The van der Waals surface area contributed by atoms with Gasteiger partial charge in [-0.1, -0.05) is 303 Å². The van der Waals surface area contributed by atoms with Crippen molar-refractivity contribution < 1.29 is 0 Å². The van der Waals surface area contributed by atoms with Gasteiger partial charge in [-0.15, -0.1) is 0 Å². The zero-order chi connectivity index (χ0) is 49.7. The van der Waals surface area contributed by atoms with Crippen LogP contribution in [0.3, 0.4) is 0 Å². The molecule has 1 aliphatic rings. The lowest BCUT2D eigenvalue weighted by atomic mass is 9.81. The molecule has 0 bridgehead atoms. The van der Waals surface area contributed by atoms with Gasteiger partial charge in [0.05, 0.1) is 0 Å². The number of rotatable bonds is 26. The van der Waals surface area contributed by atoms with Crippen molar-refractivity contribution in [3.05, 3.63) is 269 Å². The number of unbranched alkanes of at least 4 members (excludes halogenated alkanes) is 10. The van der Waals surface area contributed by atoms with E-state index in [1.54, 1.807) is 0 Å². The first-order chi connectivity index (χ1) is 35.5. The summed E-state index contributed by atoms with van der Waals surface area (Å²) in [6, 6.07) is 65.3. The lowest BCUT2D eigenvalue weighted by Crippen LogP contribution is -2.06. The van der Waals surface area contributed by atoms with E-state index in [0.717, 1.165) is 24.8 Å². The predicted molar refractivity (Wildman–Crippen MR) is 314 cm³/mol. The Kier molecular flexibility index (Phi) is 19.5. The fraction of sp³-hybridized carbons (Fsp3) is 0.278. The van der Waals surface area contributed by atoms with Crippen molar-refractivity contribution in [2.45, 2.75) is 129 Å². The maximum absolute atomic E-state index is 4.06. The molecule has 0 amide bonds. The first-order valence-electron chi connectivity index (χ1n) is 27.5. The van der Waals surface area contributed by atoms with Crippen LogP contribution in [0.1, 0.15) is 166 Å². The summed E-state index contributed by atoms with van der Waals surface area (Å²) in [7, 11) is 0. The number of benzene rings is 7. The molecule has 2 atom stereocenters. The molecule has 0 saturated carbocycles. The molecule has 0 N–H and O–H groups in total. The van der Waals surface area contributed by atoms with Crippen LogP contribution in [0.4, 0.5) is 0 Å². The largest absolute Gasteiger partial charge is 0.0985 e. The van der Waals surface area contributed by atoms with Gasteiger partial charge >= 0.3 is 0 Å². The Morgan fingerprint density at radius 3 is 1.51 bits per heavy atom. The Balaban J connectivity index is 1.12. The standard InChI is InChI=1S/C72H78/c1-5-8-10-12-13-15-20-36-66-53-70(55(4)28-27-37-69(61-33-25-18-26-34-61)62-46-42-59(43-47-62)57-29-21-16-22-30-57)65(35-19-14-11-9-6-2)54-71(66)67-50-51-68(52-67)72(63-40-38-56(7-3)39-41-63)64-48-44-60(45-49-64)58-31-23-17-24-32-58/h7,16-18,21-34,37-51,53-54,69,72H,3,5-6,8-15,19-20,35-36,52H2,1-2,4H3/b37-27+,55-28+. The Morgan fingerprint density at radius 1 is 0.486 bits per heavy atom. The highest BCUT2D eigenvalue weighted by atomic mass is 14.3. The third-order valence-electron chi connectivity index (χ3n) is 15.0. The van der Waals surface area contributed by atoms with E-state index in [-0.39, 0.29) is 11.8 Å². The zero-order valence-corrected chi connectivity index (χ0v) is 43.7. The van der Waals surface area contributed by atoms with Gasteiger partial charge in [-0.2, -0.15) is 0 Å². The lowest BCUT2D eigenvalue weighted by Gasteiger charge is -2.23. The van der Waals surface area contributed by atoms with Crippen molar-refractivity contribution >= 4 is 17.2 Å². The second-order valence-corrected chi connectivity index (χ2v) is 20.2. The molecule has 0 heterocycles. The molecule has 72 heavy (non-hydrogen) atoms. The third-order valence-corrected chi connectivity index (χ3v) is 15.0. The van der Waals surface area contributed by atoms with Crippen molar-refractivity contribution in [2.75, 3.05) is 0 Å². The van der Waals surface area contributed by atoms with Gasteiger partial charge in [-0.05, 0) is 122 Å². The van der Waals surface area contributed by atoms with Crippen LogP contribution in [0.15, 0.2) is 218 Å². The molecule has 0 fully saturated rings. The molecule has 0 nitrogen and oxygen atoms in total. The molecule has 366 valence electrons. The maximum Gasteiger partial charge on any atom is 0.0305 e. The number of hydrogen-bond donors (Lipinski definition) is 0. The van der Waals surface area contributed by atoms with E-state index in [4.69, 9.17) is 0 Å². The average molecular weight is 943 g/mol. The predicted octanol–water partition coefficient (Wildman–Crippen LogP) is 20.8. The van der Waals surface area contributed by atoms with Gasteiger partial charge in [-0.3, -0.25) is 0 Å². The molecular formula is C72H78. The van der Waals surface area contributed by atoms with Crippen molar-refractivity contribution in [2.24, 2.45) is 0 Å². The molecule has 0 saturated heterocycles. The smallest absolute Gasteiger partial charge is 0.0305 e. The monoisotopic (exact) mass is 943 g/mol. The van der Waals surface area contributed by atoms with Gasteiger partial charge in [0.1, 0.15) is 0 Å². The van der Waals surface area contributed by atoms with E-state index < -0.39 is 0 Å². The van der Waals surface area contributed by atoms with Crippen LogP contribution in [0.5, 0.6) is 0 Å². The summed E-state index contributed by atoms with van der Waals surface area (Å²) in [5.74, 6) is 0.305. The summed E-state index contributed by atoms with van der Waals surface area (Å²) in [6.07, 6.45) is 32.7. The highest BCUT2D eigenvalue weighted by Gasteiger charge is 2.25. The normalized spacial score (nSPS) is 13.5. The molecule has 7 aromatic carbocycles. The molecule has 0 radical (unpaired) electrons. The van der Waals surface area contributed by atoms with E-state index in [2.05, 4.69) is 234 Å². The van der Waals surface area contributed by atoms with Crippen LogP contribution in [-0.2, 0) is 12.8 Å². The van der Waals surface area contributed by atoms with Crippen LogP contribution in [0.2, 0.25) is 0 Å². The summed E-state index contributed by atoms with van der Waals surface area (Å²) in [4.78, 5) is 0. The van der Waals surface area contributed by atoms with Crippen molar-refractivity contribution in [1.82, 2.24) is 0 Å². The summed E-state index contributed by atoms with van der Waals surface area (Å²) < 4.78 is 0. The van der Waals surface area contributed by atoms with Gasteiger partial charge in [0.2, 0.25) is 0 Å². The average Bonchev–Trinajstić information content (AvgIpc) is 3.92. The summed E-state index contributed by atoms with van der Waals surface area (Å²) in [6.45, 7) is 11.0. The third kappa shape index (κ3) is 14.0. The summed E-state index contributed by atoms with van der Waals surface area (Å²) >= 11 is 0. The van der Waals surface area contributed by atoms with Gasteiger partial charge < -0.3 is 0 Å². The molecule has 7 aromatic rings. The van der Waals surface area contributed by atoms with Gasteiger partial charge in [0.15, 0.2) is 0 Å². The summed E-state index contributed by atoms with van der Waals surface area (Å²) in [5.41, 5.74) is 21.6. The molecule has 0 aliphatic heterocycles. The Bertz CT molecular complexity index is 2870. The minimum atomic E-state index is 0.148. The number of aryl methyl sites for hydroxylation is 2. The number of hydrogen-bond acceptors (Lipinski definition) is 0. The molecule has 2 unspecified atom stereocenters. The van der Waals surface area contributed by atoms with Crippen molar-refractivity contribution in [3.63, 3.8) is 0 Å². The van der Waals surface area contributed by atoms with Crippen LogP contribution in [0.25, 0.3) is 39.5 Å². The number of allylic oxidation sites excluding steroid dienone is 8. The fourth-order valence-electron chi connectivity index (χ4n) is 10.8. The minimum Gasteiger partial charge on any atom is -0.0985 e. The molecule has 1 aliphatic carbocycles. The molecule has 0 heteroatoms. The van der Waals surface area contributed by atoms with E-state index in [9.17, 15) is 0 Å². The van der Waals surface area contributed by atoms with Gasteiger partial charge in [0.25, 0.3) is 0 Å². The first-order valence-corrected chi connectivity index (χ1v) is 27.5. The van der Waals surface area contributed by atoms with E-state index in [1.807, 2.05) is 6.08 Å². The lowest BCUT2D eigenvalue weighted by molar-refractivity contribution is 0.589. The van der Waals surface area contributed by atoms with Crippen LogP contribution in [-0.4, -0.2) is 0 Å². The molecule has 0 aromatic heterocycles. The van der Waals surface area contributed by atoms with E-state index in [0.29, 0.717) is 0 Å². The minimum absolute atomic E-state index is 0.148. The Hall–Kier alpha value is -6.76.